The topological polar surface area (TPSA) is 29.1 Å². The van der Waals surface area contributed by atoms with E-state index in [0.717, 1.165) is 30.3 Å². The minimum absolute atomic E-state index is 0.0305. The minimum Gasteiger partial charge on any atom is -0.355 e. The molecule has 0 atom stereocenters. The Morgan fingerprint density at radius 2 is 1.90 bits per heavy atom. The summed E-state index contributed by atoms with van der Waals surface area (Å²) in [6.07, 6.45) is 1.71. The van der Waals surface area contributed by atoms with Crippen LogP contribution in [0.1, 0.15) is 32.3 Å². The van der Waals surface area contributed by atoms with Gasteiger partial charge in [0, 0.05) is 17.4 Å². The number of nitrogens with one attached hydrogen (secondary N) is 1. The molecule has 0 spiro atoms. The van der Waals surface area contributed by atoms with E-state index in [1.54, 1.807) is 0 Å². The lowest BCUT2D eigenvalue weighted by atomic mass is 9.88. The molecular weight excluding hydrogens is 328 g/mol. The average molecular weight is 348 g/mol. The fourth-order valence-corrected chi connectivity index (χ4v) is 2.18. The highest BCUT2D eigenvalue weighted by molar-refractivity contribution is 9.09. The Morgan fingerprint density at radius 1 is 1.30 bits per heavy atom. The van der Waals surface area contributed by atoms with Crippen molar-refractivity contribution in [1.82, 2.24) is 5.32 Å². The predicted molar refractivity (Wildman–Crippen MR) is 79.9 cm³/mol. The Morgan fingerprint density at radius 3 is 2.45 bits per heavy atom. The zero-order chi connectivity index (χ0) is 15.2. The van der Waals surface area contributed by atoms with E-state index in [-0.39, 0.29) is 23.3 Å². The molecule has 0 heterocycles. The van der Waals surface area contributed by atoms with Crippen LogP contribution in [0.5, 0.6) is 0 Å². The number of hydrogen-bond donors (Lipinski definition) is 1. The summed E-state index contributed by atoms with van der Waals surface area (Å²) in [7, 11) is 0. The number of hydrogen-bond acceptors (Lipinski definition) is 1. The lowest BCUT2D eigenvalue weighted by molar-refractivity contribution is -0.121. The molecule has 0 saturated heterocycles. The Kier molecular flexibility index (Phi) is 6.59. The third-order valence-corrected chi connectivity index (χ3v) is 3.71. The molecule has 1 aromatic carbocycles. The van der Waals surface area contributed by atoms with E-state index in [4.69, 9.17) is 0 Å². The van der Waals surface area contributed by atoms with Gasteiger partial charge in [-0.25, -0.2) is 8.78 Å². The number of benzene rings is 1. The number of amides is 1. The predicted octanol–water partition coefficient (Wildman–Crippen LogP) is 3.82. The van der Waals surface area contributed by atoms with Gasteiger partial charge in [-0.2, -0.15) is 0 Å². The van der Waals surface area contributed by atoms with Crippen LogP contribution >= 0.6 is 15.9 Å². The third kappa shape index (κ3) is 5.57. The van der Waals surface area contributed by atoms with Crippen LogP contribution in [0.3, 0.4) is 0 Å². The lowest BCUT2D eigenvalue weighted by Gasteiger charge is -2.24. The van der Waals surface area contributed by atoms with Crippen molar-refractivity contribution in [2.75, 3.05) is 11.9 Å². The maximum atomic E-state index is 13.4. The van der Waals surface area contributed by atoms with Gasteiger partial charge in [-0.15, -0.1) is 0 Å². The first-order valence-corrected chi connectivity index (χ1v) is 7.73. The molecule has 2 nitrogen and oxygen atoms in total. The molecule has 0 aliphatic rings. The van der Waals surface area contributed by atoms with Gasteiger partial charge in [0.2, 0.25) is 5.91 Å². The molecule has 1 aromatic rings. The van der Waals surface area contributed by atoms with Crippen LogP contribution in [0.25, 0.3) is 0 Å². The van der Waals surface area contributed by atoms with Crippen LogP contribution in [0, 0.1) is 17.0 Å². The fourth-order valence-electron chi connectivity index (χ4n) is 1.90. The van der Waals surface area contributed by atoms with Crippen LogP contribution in [0.2, 0.25) is 0 Å². The summed E-state index contributed by atoms with van der Waals surface area (Å²) in [6, 6.07) is 3.60. The van der Waals surface area contributed by atoms with Crippen molar-refractivity contribution in [1.29, 1.82) is 0 Å². The number of rotatable bonds is 7. The first-order chi connectivity index (χ1) is 9.35. The van der Waals surface area contributed by atoms with Crippen molar-refractivity contribution in [3.05, 3.63) is 35.4 Å². The Bertz CT molecular complexity index is 443. The summed E-state index contributed by atoms with van der Waals surface area (Å²) in [5.41, 5.74) is -0.208. The van der Waals surface area contributed by atoms with Gasteiger partial charge in [0.15, 0.2) is 0 Å². The Hall–Kier alpha value is -0.970. The van der Waals surface area contributed by atoms with E-state index in [1.807, 2.05) is 0 Å². The van der Waals surface area contributed by atoms with Crippen LogP contribution in [0.15, 0.2) is 18.2 Å². The molecule has 0 bridgehead atoms. The SMILES string of the molecule is CC(C)(CCCBr)CNC(=O)Cc1c(F)cccc1F. The molecule has 20 heavy (non-hydrogen) atoms. The summed E-state index contributed by atoms with van der Waals surface area (Å²) >= 11 is 3.37. The molecule has 5 heteroatoms. The van der Waals surface area contributed by atoms with Crippen molar-refractivity contribution in [3.8, 4) is 0 Å². The van der Waals surface area contributed by atoms with E-state index in [2.05, 4.69) is 35.1 Å². The number of halogens is 3. The van der Waals surface area contributed by atoms with Gasteiger partial charge in [0.05, 0.1) is 6.42 Å². The summed E-state index contributed by atoms with van der Waals surface area (Å²) < 4.78 is 26.9. The van der Waals surface area contributed by atoms with Gasteiger partial charge in [-0.3, -0.25) is 4.79 Å². The molecular formula is C15H20BrF2NO. The molecule has 0 fully saturated rings. The van der Waals surface area contributed by atoms with Gasteiger partial charge in [0.1, 0.15) is 11.6 Å². The van der Waals surface area contributed by atoms with Gasteiger partial charge >= 0.3 is 0 Å². The van der Waals surface area contributed by atoms with Crippen LogP contribution in [0.4, 0.5) is 8.78 Å². The normalized spacial score (nSPS) is 11.4. The molecule has 1 rings (SSSR count). The maximum Gasteiger partial charge on any atom is 0.224 e. The highest BCUT2D eigenvalue weighted by atomic mass is 79.9. The van der Waals surface area contributed by atoms with E-state index in [1.165, 1.54) is 6.07 Å². The third-order valence-electron chi connectivity index (χ3n) is 3.15. The fraction of sp³-hybridized carbons (Fsp3) is 0.533. The smallest absolute Gasteiger partial charge is 0.224 e. The molecule has 0 saturated carbocycles. The number of alkyl halides is 1. The van der Waals surface area contributed by atoms with Crippen molar-refractivity contribution in [2.24, 2.45) is 5.41 Å². The second-order valence-corrected chi connectivity index (χ2v) is 6.40. The largest absolute Gasteiger partial charge is 0.355 e. The number of carbonyl (C=O) groups excluding carboxylic acids is 1. The Labute approximate surface area is 127 Å². The first kappa shape index (κ1) is 17.1. The van der Waals surface area contributed by atoms with Crippen molar-refractivity contribution in [3.63, 3.8) is 0 Å². The summed E-state index contributed by atoms with van der Waals surface area (Å²) in [5, 5.41) is 3.67. The minimum atomic E-state index is -0.682. The lowest BCUT2D eigenvalue weighted by Crippen LogP contribution is -2.35. The van der Waals surface area contributed by atoms with Crippen molar-refractivity contribution in [2.45, 2.75) is 33.1 Å². The molecule has 0 unspecified atom stereocenters. The second-order valence-electron chi connectivity index (χ2n) is 5.61. The number of carbonyl (C=O) groups is 1. The van der Waals surface area contributed by atoms with Crippen molar-refractivity contribution >= 4 is 21.8 Å². The highest BCUT2D eigenvalue weighted by Crippen LogP contribution is 2.21. The quantitative estimate of drug-likeness (QED) is 0.746. The monoisotopic (exact) mass is 347 g/mol. The summed E-state index contributed by atoms with van der Waals surface area (Å²) in [4.78, 5) is 11.8. The van der Waals surface area contributed by atoms with Gasteiger partial charge in [0.25, 0.3) is 0 Å². The first-order valence-electron chi connectivity index (χ1n) is 6.61. The summed E-state index contributed by atoms with van der Waals surface area (Å²) in [5.74, 6) is -1.72. The average Bonchev–Trinajstić information content (AvgIpc) is 2.39. The molecule has 0 aliphatic heterocycles. The standard InChI is InChI=1S/C15H20BrF2NO/c1-15(2,7-4-8-16)10-19-14(20)9-11-12(17)5-3-6-13(11)18/h3,5-6H,4,7-10H2,1-2H3,(H,19,20). The van der Waals surface area contributed by atoms with Gasteiger partial charge in [-0.05, 0) is 30.4 Å². The zero-order valence-electron chi connectivity index (χ0n) is 11.8. The highest BCUT2D eigenvalue weighted by Gasteiger charge is 2.19. The van der Waals surface area contributed by atoms with E-state index in [0.29, 0.717) is 6.54 Å². The summed E-state index contributed by atoms with van der Waals surface area (Å²) in [6.45, 7) is 4.61. The van der Waals surface area contributed by atoms with Crippen molar-refractivity contribution < 1.29 is 13.6 Å². The van der Waals surface area contributed by atoms with E-state index in [9.17, 15) is 13.6 Å². The molecule has 1 amide bonds. The molecule has 0 radical (unpaired) electrons. The zero-order valence-corrected chi connectivity index (χ0v) is 13.4. The Balaban J connectivity index is 2.52. The van der Waals surface area contributed by atoms with Gasteiger partial charge < -0.3 is 5.32 Å². The molecule has 0 aromatic heterocycles. The van der Waals surface area contributed by atoms with E-state index >= 15 is 0 Å². The van der Waals surface area contributed by atoms with Crippen LogP contribution in [-0.2, 0) is 11.2 Å². The molecule has 0 aliphatic carbocycles. The van der Waals surface area contributed by atoms with E-state index < -0.39 is 11.6 Å². The molecule has 1 N–H and O–H groups in total. The second kappa shape index (κ2) is 7.72. The van der Waals surface area contributed by atoms with Gasteiger partial charge in [-0.1, -0.05) is 35.8 Å². The van der Waals surface area contributed by atoms with Crippen LogP contribution in [-0.4, -0.2) is 17.8 Å². The van der Waals surface area contributed by atoms with Crippen LogP contribution < -0.4 is 5.32 Å². The maximum absolute atomic E-state index is 13.4. The molecule has 112 valence electrons.